The van der Waals surface area contributed by atoms with Crippen molar-refractivity contribution in [2.75, 3.05) is 20.3 Å². The Morgan fingerprint density at radius 3 is 2.52 bits per heavy atom. The van der Waals surface area contributed by atoms with Gasteiger partial charge in [-0.25, -0.2) is 4.79 Å². The van der Waals surface area contributed by atoms with Crippen molar-refractivity contribution in [3.63, 3.8) is 0 Å². The SMILES string of the molecule is CCOc1ccc(CCCC=CC(=O)OC)cc1OCC. The lowest BCUT2D eigenvalue weighted by Gasteiger charge is -2.12. The van der Waals surface area contributed by atoms with E-state index in [0.717, 1.165) is 30.8 Å². The van der Waals surface area contributed by atoms with Crippen molar-refractivity contribution in [1.82, 2.24) is 0 Å². The van der Waals surface area contributed by atoms with Crippen LogP contribution in [0.3, 0.4) is 0 Å². The third-order valence-corrected chi connectivity index (χ3v) is 2.90. The van der Waals surface area contributed by atoms with Crippen LogP contribution in [0.5, 0.6) is 11.5 Å². The summed E-state index contributed by atoms with van der Waals surface area (Å²) in [5, 5.41) is 0. The number of carbonyl (C=O) groups is 1. The fourth-order valence-corrected chi connectivity index (χ4v) is 1.92. The normalized spacial score (nSPS) is 10.6. The molecular weight excluding hydrogens is 268 g/mol. The highest BCUT2D eigenvalue weighted by molar-refractivity contribution is 5.81. The molecule has 0 fully saturated rings. The summed E-state index contributed by atoms with van der Waals surface area (Å²) in [6.07, 6.45) is 6.03. The topological polar surface area (TPSA) is 44.8 Å². The number of hydrogen-bond donors (Lipinski definition) is 0. The maximum atomic E-state index is 10.9. The van der Waals surface area contributed by atoms with E-state index in [9.17, 15) is 4.79 Å². The maximum Gasteiger partial charge on any atom is 0.330 e. The molecular formula is C17H24O4. The molecule has 4 heteroatoms. The van der Waals surface area contributed by atoms with E-state index in [1.54, 1.807) is 0 Å². The second kappa shape index (κ2) is 9.86. The van der Waals surface area contributed by atoms with Gasteiger partial charge in [-0.15, -0.1) is 0 Å². The van der Waals surface area contributed by atoms with Crippen LogP contribution in [0.15, 0.2) is 30.4 Å². The molecule has 1 rings (SSSR count). The third-order valence-electron chi connectivity index (χ3n) is 2.90. The fourth-order valence-electron chi connectivity index (χ4n) is 1.92. The highest BCUT2D eigenvalue weighted by Gasteiger charge is 2.05. The van der Waals surface area contributed by atoms with E-state index in [1.165, 1.54) is 18.7 Å². The van der Waals surface area contributed by atoms with Crippen LogP contribution in [0.2, 0.25) is 0 Å². The minimum Gasteiger partial charge on any atom is -0.490 e. The van der Waals surface area contributed by atoms with Gasteiger partial charge in [0.25, 0.3) is 0 Å². The lowest BCUT2D eigenvalue weighted by atomic mass is 10.1. The van der Waals surface area contributed by atoms with Crippen LogP contribution in [-0.4, -0.2) is 26.3 Å². The van der Waals surface area contributed by atoms with Gasteiger partial charge in [0.15, 0.2) is 11.5 Å². The van der Waals surface area contributed by atoms with Crippen LogP contribution in [0.1, 0.15) is 32.3 Å². The number of methoxy groups -OCH3 is 1. The van der Waals surface area contributed by atoms with Crippen molar-refractivity contribution in [3.05, 3.63) is 35.9 Å². The summed E-state index contributed by atoms with van der Waals surface area (Å²) in [7, 11) is 1.38. The van der Waals surface area contributed by atoms with Crippen LogP contribution >= 0.6 is 0 Å². The summed E-state index contributed by atoms with van der Waals surface area (Å²) in [5.74, 6) is 1.27. The van der Waals surface area contributed by atoms with Crippen LogP contribution in [0.25, 0.3) is 0 Å². The molecule has 0 spiro atoms. The zero-order valence-corrected chi connectivity index (χ0v) is 13.1. The van der Waals surface area contributed by atoms with E-state index in [1.807, 2.05) is 32.1 Å². The Labute approximate surface area is 126 Å². The predicted octanol–water partition coefficient (Wildman–Crippen LogP) is 3.54. The standard InChI is InChI=1S/C17H24O4/c1-4-20-15-12-11-14(13-16(15)21-5-2)9-7-6-8-10-17(18)19-3/h8,10-13H,4-7,9H2,1-3H3. The summed E-state index contributed by atoms with van der Waals surface area (Å²) < 4.78 is 15.7. The lowest BCUT2D eigenvalue weighted by molar-refractivity contribution is -0.134. The molecule has 0 radical (unpaired) electrons. The maximum absolute atomic E-state index is 10.9. The van der Waals surface area contributed by atoms with Gasteiger partial charge in [-0.3, -0.25) is 0 Å². The summed E-state index contributed by atoms with van der Waals surface area (Å²) in [5.41, 5.74) is 1.20. The van der Waals surface area contributed by atoms with Crippen molar-refractivity contribution < 1.29 is 19.0 Å². The molecule has 1 aromatic rings. The van der Waals surface area contributed by atoms with Gasteiger partial charge in [0.2, 0.25) is 0 Å². The average molecular weight is 292 g/mol. The number of carbonyl (C=O) groups excluding carboxylic acids is 1. The van der Waals surface area contributed by atoms with Gasteiger partial charge in [0, 0.05) is 6.08 Å². The molecule has 0 aliphatic rings. The molecule has 0 amide bonds. The van der Waals surface area contributed by atoms with E-state index in [4.69, 9.17) is 9.47 Å². The number of ether oxygens (including phenoxy) is 3. The van der Waals surface area contributed by atoms with Crippen molar-refractivity contribution in [3.8, 4) is 11.5 Å². The monoisotopic (exact) mass is 292 g/mol. The number of rotatable bonds is 9. The van der Waals surface area contributed by atoms with Gasteiger partial charge in [-0.05, 0) is 50.8 Å². The van der Waals surface area contributed by atoms with Crippen LogP contribution in [-0.2, 0) is 16.0 Å². The van der Waals surface area contributed by atoms with E-state index < -0.39 is 0 Å². The fraction of sp³-hybridized carbons (Fsp3) is 0.471. The quantitative estimate of drug-likeness (QED) is 0.397. The van der Waals surface area contributed by atoms with Gasteiger partial charge in [0.05, 0.1) is 20.3 Å². The number of esters is 1. The molecule has 0 atom stereocenters. The first-order valence-electron chi connectivity index (χ1n) is 7.34. The molecule has 21 heavy (non-hydrogen) atoms. The minimum atomic E-state index is -0.310. The van der Waals surface area contributed by atoms with Crippen molar-refractivity contribution in [1.29, 1.82) is 0 Å². The smallest absolute Gasteiger partial charge is 0.330 e. The average Bonchev–Trinajstić information content (AvgIpc) is 2.49. The number of unbranched alkanes of at least 4 members (excludes halogenated alkanes) is 1. The number of benzene rings is 1. The Hall–Kier alpha value is -1.97. The molecule has 0 aliphatic carbocycles. The van der Waals surface area contributed by atoms with E-state index >= 15 is 0 Å². The molecule has 0 aliphatic heterocycles. The van der Waals surface area contributed by atoms with Gasteiger partial charge in [0.1, 0.15) is 0 Å². The number of hydrogen-bond acceptors (Lipinski definition) is 4. The Kier molecular flexibility index (Phi) is 8.02. The molecule has 0 bridgehead atoms. The number of aryl methyl sites for hydroxylation is 1. The first-order chi connectivity index (χ1) is 10.2. The van der Waals surface area contributed by atoms with E-state index in [-0.39, 0.29) is 5.97 Å². The zero-order valence-electron chi connectivity index (χ0n) is 13.1. The van der Waals surface area contributed by atoms with Gasteiger partial charge >= 0.3 is 5.97 Å². The Morgan fingerprint density at radius 2 is 1.86 bits per heavy atom. The predicted molar refractivity (Wildman–Crippen MR) is 82.9 cm³/mol. The largest absolute Gasteiger partial charge is 0.490 e. The summed E-state index contributed by atoms with van der Waals surface area (Å²) in [6.45, 7) is 5.15. The second-order valence-electron chi connectivity index (χ2n) is 4.46. The third kappa shape index (κ3) is 6.34. The molecule has 1 aromatic carbocycles. The molecule has 0 heterocycles. The van der Waals surface area contributed by atoms with Gasteiger partial charge in [-0.2, -0.15) is 0 Å². The Bertz CT molecular complexity index is 466. The lowest BCUT2D eigenvalue weighted by Crippen LogP contribution is -1.99. The van der Waals surface area contributed by atoms with E-state index in [2.05, 4.69) is 10.8 Å². The van der Waals surface area contributed by atoms with E-state index in [0.29, 0.717) is 13.2 Å². The Morgan fingerprint density at radius 1 is 1.14 bits per heavy atom. The zero-order chi connectivity index (χ0) is 15.5. The van der Waals surface area contributed by atoms with Crippen molar-refractivity contribution >= 4 is 5.97 Å². The molecule has 0 saturated carbocycles. The van der Waals surface area contributed by atoms with Gasteiger partial charge < -0.3 is 14.2 Å². The van der Waals surface area contributed by atoms with Crippen molar-refractivity contribution in [2.45, 2.75) is 33.1 Å². The van der Waals surface area contributed by atoms with Crippen LogP contribution in [0, 0.1) is 0 Å². The molecule has 0 N–H and O–H groups in total. The number of allylic oxidation sites excluding steroid dienone is 1. The first-order valence-corrected chi connectivity index (χ1v) is 7.34. The molecule has 0 unspecified atom stereocenters. The van der Waals surface area contributed by atoms with Crippen molar-refractivity contribution in [2.24, 2.45) is 0 Å². The summed E-state index contributed by atoms with van der Waals surface area (Å²) in [4.78, 5) is 10.9. The van der Waals surface area contributed by atoms with Crippen LogP contribution < -0.4 is 9.47 Å². The summed E-state index contributed by atoms with van der Waals surface area (Å²) >= 11 is 0. The molecule has 116 valence electrons. The first kappa shape index (κ1) is 17.1. The molecule has 0 saturated heterocycles. The minimum absolute atomic E-state index is 0.310. The van der Waals surface area contributed by atoms with Crippen LogP contribution in [0.4, 0.5) is 0 Å². The highest BCUT2D eigenvalue weighted by atomic mass is 16.5. The summed E-state index contributed by atoms with van der Waals surface area (Å²) in [6, 6.07) is 6.03. The highest BCUT2D eigenvalue weighted by Crippen LogP contribution is 2.29. The Balaban J connectivity index is 2.53. The molecule has 0 aromatic heterocycles. The second-order valence-corrected chi connectivity index (χ2v) is 4.46. The van der Waals surface area contributed by atoms with Gasteiger partial charge in [-0.1, -0.05) is 12.1 Å². The molecule has 4 nitrogen and oxygen atoms in total.